The van der Waals surface area contributed by atoms with E-state index in [1.165, 1.54) is 12.8 Å². The zero-order chi connectivity index (χ0) is 13.5. The molecule has 0 aromatic heterocycles. The molecule has 1 saturated carbocycles. The van der Waals surface area contributed by atoms with Crippen molar-refractivity contribution in [2.24, 2.45) is 0 Å². The average molecular weight is 280 g/mol. The fraction of sp³-hybridized carbons (Fsp3) is 0.571. The van der Waals surface area contributed by atoms with Crippen molar-refractivity contribution in [1.29, 1.82) is 0 Å². The van der Waals surface area contributed by atoms with Gasteiger partial charge < -0.3 is 0 Å². The van der Waals surface area contributed by atoms with Crippen LogP contribution in [0.4, 0.5) is 0 Å². The van der Waals surface area contributed by atoms with Gasteiger partial charge in [0.15, 0.2) is 0 Å². The zero-order valence-corrected chi connectivity index (χ0v) is 12.1. The maximum absolute atomic E-state index is 12.5. The summed E-state index contributed by atoms with van der Waals surface area (Å²) in [6, 6.07) is 7.90. The Labute approximate surface area is 115 Å². The molecule has 0 atom stereocenters. The summed E-state index contributed by atoms with van der Waals surface area (Å²) in [5.41, 5.74) is 0.984. The van der Waals surface area contributed by atoms with Crippen molar-refractivity contribution in [3.63, 3.8) is 0 Å². The first-order valence-corrected chi connectivity index (χ1v) is 8.32. The number of piperazine rings is 1. The first-order chi connectivity index (χ1) is 9.07. The van der Waals surface area contributed by atoms with Gasteiger partial charge in [0, 0.05) is 32.2 Å². The summed E-state index contributed by atoms with van der Waals surface area (Å²) < 4.78 is 26.7. The third-order valence-electron chi connectivity index (χ3n) is 3.96. The van der Waals surface area contributed by atoms with Crippen LogP contribution in [0.25, 0.3) is 0 Å². The maximum Gasteiger partial charge on any atom is 0.243 e. The standard InChI is InChI=1S/C14H20N2O2S/c1-12-3-2-4-14(11-12)19(17,18)16-9-7-15(8-10-16)13-5-6-13/h2-4,11,13H,5-10H2,1H3. The van der Waals surface area contributed by atoms with Crippen LogP contribution in [-0.4, -0.2) is 49.8 Å². The molecule has 0 radical (unpaired) electrons. The van der Waals surface area contributed by atoms with Crippen LogP contribution in [0.2, 0.25) is 0 Å². The summed E-state index contributed by atoms with van der Waals surface area (Å²) in [5.74, 6) is 0. The van der Waals surface area contributed by atoms with Crippen LogP contribution in [-0.2, 0) is 10.0 Å². The van der Waals surface area contributed by atoms with E-state index < -0.39 is 10.0 Å². The number of hydrogen-bond acceptors (Lipinski definition) is 3. The van der Waals surface area contributed by atoms with Crippen LogP contribution >= 0.6 is 0 Å². The van der Waals surface area contributed by atoms with Crippen LogP contribution in [0, 0.1) is 6.92 Å². The molecule has 1 aromatic carbocycles. The van der Waals surface area contributed by atoms with E-state index in [1.54, 1.807) is 16.4 Å². The first-order valence-electron chi connectivity index (χ1n) is 6.88. The Kier molecular flexibility index (Phi) is 3.37. The Morgan fingerprint density at radius 3 is 2.37 bits per heavy atom. The SMILES string of the molecule is Cc1cccc(S(=O)(=O)N2CCN(C3CC3)CC2)c1. The van der Waals surface area contributed by atoms with Crippen molar-refractivity contribution >= 4 is 10.0 Å². The van der Waals surface area contributed by atoms with Gasteiger partial charge in [-0.25, -0.2) is 8.42 Å². The lowest BCUT2D eigenvalue weighted by molar-refractivity contribution is 0.180. The monoisotopic (exact) mass is 280 g/mol. The Morgan fingerprint density at radius 2 is 1.79 bits per heavy atom. The van der Waals surface area contributed by atoms with Crippen molar-refractivity contribution in [3.8, 4) is 0 Å². The number of aryl methyl sites for hydroxylation is 1. The molecule has 1 heterocycles. The molecular formula is C14H20N2O2S. The second-order valence-electron chi connectivity index (χ2n) is 5.49. The molecule has 3 rings (SSSR count). The molecule has 0 unspecified atom stereocenters. The summed E-state index contributed by atoms with van der Waals surface area (Å²) in [4.78, 5) is 2.84. The van der Waals surface area contributed by atoms with Gasteiger partial charge in [0.1, 0.15) is 0 Å². The fourth-order valence-electron chi connectivity index (χ4n) is 2.67. The molecule has 1 aromatic rings. The minimum Gasteiger partial charge on any atom is -0.298 e. The molecule has 0 spiro atoms. The van der Waals surface area contributed by atoms with Crippen molar-refractivity contribution < 1.29 is 8.42 Å². The highest BCUT2D eigenvalue weighted by molar-refractivity contribution is 7.89. The first kappa shape index (κ1) is 13.1. The van der Waals surface area contributed by atoms with Crippen molar-refractivity contribution in [2.45, 2.75) is 30.7 Å². The van der Waals surface area contributed by atoms with Gasteiger partial charge in [0.2, 0.25) is 10.0 Å². The molecule has 0 amide bonds. The van der Waals surface area contributed by atoms with Gasteiger partial charge in [-0.3, -0.25) is 4.90 Å². The average Bonchev–Trinajstić information content (AvgIpc) is 3.23. The minimum absolute atomic E-state index is 0.423. The van der Waals surface area contributed by atoms with Crippen molar-refractivity contribution in [2.75, 3.05) is 26.2 Å². The molecule has 1 aliphatic heterocycles. The molecule has 0 N–H and O–H groups in total. The van der Waals surface area contributed by atoms with Crippen molar-refractivity contribution in [3.05, 3.63) is 29.8 Å². The summed E-state index contributed by atoms with van der Waals surface area (Å²) >= 11 is 0. The fourth-order valence-corrected chi connectivity index (χ4v) is 4.20. The Morgan fingerprint density at radius 1 is 1.11 bits per heavy atom. The van der Waals surface area contributed by atoms with Crippen LogP contribution in [0.15, 0.2) is 29.2 Å². The third kappa shape index (κ3) is 2.68. The van der Waals surface area contributed by atoms with Gasteiger partial charge in [-0.2, -0.15) is 4.31 Å². The van der Waals surface area contributed by atoms with E-state index in [4.69, 9.17) is 0 Å². The number of benzene rings is 1. The highest BCUT2D eigenvalue weighted by atomic mass is 32.2. The second kappa shape index (κ2) is 4.89. The largest absolute Gasteiger partial charge is 0.298 e. The van der Waals surface area contributed by atoms with E-state index >= 15 is 0 Å². The highest BCUT2D eigenvalue weighted by Gasteiger charge is 2.34. The Balaban J connectivity index is 1.74. The zero-order valence-electron chi connectivity index (χ0n) is 11.2. The summed E-state index contributed by atoms with van der Waals surface area (Å²) in [7, 11) is -3.31. The lowest BCUT2D eigenvalue weighted by atomic mass is 10.2. The molecule has 5 heteroatoms. The van der Waals surface area contributed by atoms with E-state index in [9.17, 15) is 8.42 Å². The van der Waals surface area contributed by atoms with Crippen LogP contribution in [0.3, 0.4) is 0 Å². The molecule has 4 nitrogen and oxygen atoms in total. The van der Waals surface area contributed by atoms with Gasteiger partial charge in [-0.15, -0.1) is 0 Å². The molecule has 19 heavy (non-hydrogen) atoms. The topological polar surface area (TPSA) is 40.6 Å². The number of nitrogens with zero attached hydrogens (tertiary/aromatic N) is 2. The lowest BCUT2D eigenvalue weighted by Gasteiger charge is -2.34. The minimum atomic E-state index is -3.31. The molecule has 2 aliphatic rings. The van der Waals surface area contributed by atoms with Crippen LogP contribution in [0.5, 0.6) is 0 Å². The van der Waals surface area contributed by atoms with Gasteiger partial charge in [0.05, 0.1) is 4.90 Å². The number of hydrogen-bond donors (Lipinski definition) is 0. The summed E-state index contributed by atoms with van der Waals surface area (Å²) in [5, 5.41) is 0. The van der Waals surface area contributed by atoms with E-state index in [-0.39, 0.29) is 0 Å². The lowest BCUT2D eigenvalue weighted by Crippen LogP contribution is -2.49. The smallest absolute Gasteiger partial charge is 0.243 e. The predicted octanol–water partition coefficient (Wildman–Crippen LogP) is 1.46. The molecule has 0 bridgehead atoms. The molecule has 1 saturated heterocycles. The Hall–Kier alpha value is -0.910. The quantitative estimate of drug-likeness (QED) is 0.842. The van der Waals surface area contributed by atoms with Gasteiger partial charge in [-0.05, 0) is 37.5 Å². The molecule has 1 aliphatic carbocycles. The van der Waals surface area contributed by atoms with Crippen LogP contribution in [0.1, 0.15) is 18.4 Å². The van der Waals surface area contributed by atoms with Crippen molar-refractivity contribution in [1.82, 2.24) is 9.21 Å². The van der Waals surface area contributed by atoms with Crippen LogP contribution < -0.4 is 0 Å². The van der Waals surface area contributed by atoms with Gasteiger partial charge >= 0.3 is 0 Å². The number of rotatable bonds is 3. The van der Waals surface area contributed by atoms with E-state index in [2.05, 4.69) is 4.90 Å². The normalized spacial score (nSPS) is 22.6. The molecule has 2 fully saturated rings. The van der Waals surface area contributed by atoms with Gasteiger partial charge in [-0.1, -0.05) is 12.1 Å². The van der Waals surface area contributed by atoms with Gasteiger partial charge in [0.25, 0.3) is 0 Å². The predicted molar refractivity (Wildman–Crippen MR) is 74.5 cm³/mol. The highest BCUT2D eigenvalue weighted by Crippen LogP contribution is 2.28. The summed E-state index contributed by atoms with van der Waals surface area (Å²) in [6.45, 7) is 4.90. The van der Waals surface area contributed by atoms with E-state index in [0.29, 0.717) is 18.0 Å². The number of sulfonamides is 1. The Bertz CT molecular complexity index is 559. The van der Waals surface area contributed by atoms with E-state index in [1.807, 2.05) is 19.1 Å². The molecular weight excluding hydrogens is 260 g/mol. The summed E-state index contributed by atoms with van der Waals surface area (Å²) in [6.07, 6.45) is 2.56. The third-order valence-corrected chi connectivity index (χ3v) is 5.86. The second-order valence-corrected chi connectivity index (χ2v) is 7.43. The van der Waals surface area contributed by atoms with E-state index in [0.717, 1.165) is 24.7 Å². The molecule has 104 valence electrons. The maximum atomic E-state index is 12.5.